The van der Waals surface area contributed by atoms with Crippen LogP contribution in [-0.2, 0) is 4.79 Å². The summed E-state index contributed by atoms with van der Waals surface area (Å²) < 4.78 is 0. The molecule has 1 aliphatic carbocycles. The molecule has 0 aromatic carbocycles. The van der Waals surface area contributed by atoms with E-state index in [0.29, 0.717) is 17.5 Å². The maximum absolute atomic E-state index is 12.6. The number of hydrogen-bond acceptors (Lipinski definition) is 4. The fourth-order valence-corrected chi connectivity index (χ4v) is 3.17. The van der Waals surface area contributed by atoms with Crippen molar-refractivity contribution in [2.45, 2.75) is 25.7 Å². The zero-order valence-electron chi connectivity index (χ0n) is 14.7. The lowest BCUT2D eigenvalue weighted by Crippen LogP contribution is -2.32. The summed E-state index contributed by atoms with van der Waals surface area (Å²) in [5.74, 6) is 1.18. The number of carbonyl (C=O) groups excluding carboxylic acids is 1. The van der Waals surface area contributed by atoms with E-state index in [4.69, 9.17) is 5.73 Å². The van der Waals surface area contributed by atoms with Crippen LogP contribution in [0.25, 0.3) is 11.0 Å². The summed E-state index contributed by atoms with van der Waals surface area (Å²) in [6, 6.07) is 1.81. The van der Waals surface area contributed by atoms with Gasteiger partial charge in [-0.15, -0.1) is 0 Å². The van der Waals surface area contributed by atoms with Crippen molar-refractivity contribution < 1.29 is 4.79 Å². The molecule has 2 heterocycles. The number of anilines is 1. The van der Waals surface area contributed by atoms with Gasteiger partial charge in [0.15, 0.2) is 11.6 Å². The fraction of sp³-hybridized carbons (Fsp3) is 0.529. The lowest BCUT2D eigenvalue weighted by molar-refractivity contribution is -0.121. The van der Waals surface area contributed by atoms with Crippen LogP contribution in [0, 0.1) is 11.8 Å². The predicted molar refractivity (Wildman–Crippen MR) is 98.1 cm³/mol. The molecule has 1 saturated carbocycles. The van der Waals surface area contributed by atoms with Gasteiger partial charge in [-0.05, 0) is 37.7 Å². The van der Waals surface area contributed by atoms with Gasteiger partial charge in [0, 0.05) is 32.8 Å². The summed E-state index contributed by atoms with van der Waals surface area (Å²) in [6.07, 6.45) is 7.11. The second-order valence-corrected chi connectivity index (χ2v) is 6.79. The van der Waals surface area contributed by atoms with E-state index in [1.165, 1.54) is 0 Å². The Morgan fingerprint density at radius 3 is 2.88 bits per heavy atom. The van der Waals surface area contributed by atoms with Crippen LogP contribution in [0.3, 0.4) is 0 Å². The maximum atomic E-state index is 12.6. The Kier molecular flexibility index (Phi) is 5.16. The first-order chi connectivity index (χ1) is 12.0. The lowest BCUT2D eigenvalue weighted by Gasteiger charge is -2.27. The molecular formula is C17H25N7O. The van der Waals surface area contributed by atoms with Gasteiger partial charge in [-0.1, -0.05) is 0 Å². The molecule has 25 heavy (non-hydrogen) atoms. The van der Waals surface area contributed by atoms with Gasteiger partial charge in [0.1, 0.15) is 0 Å². The molecule has 1 amide bonds. The molecule has 0 aliphatic heterocycles. The van der Waals surface area contributed by atoms with E-state index in [1.807, 2.05) is 19.0 Å². The first-order valence-electron chi connectivity index (χ1n) is 8.60. The van der Waals surface area contributed by atoms with Crippen LogP contribution >= 0.6 is 0 Å². The third kappa shape index (κ3) is 4.07. The fourth-order valence-electron chi connectivity index (χ4n) is 3.17. The number of hydrogen-bond donors (Lipinski definition) is 3. The number of nitrogens with two attached hydrogens (primary N) is 1. The predicted octanol–water partition coefficient (Wildman–Crippen LogP) is 1.58. The van der Waals surface area contributed by atoms with Crippen molar-refractivity contribution in [3.8, 4) is 0 Å². The number of aromatic amines is 1. The SMILES string of the molecule is CN(C)C(N)=NCC1CCC(C(=O)Nc2ccnc3[nH]ncc23)CC1. The third-order valence-corrected chi connectivity index (χ3v) is 4.80. The number of aromatic nitrogens is 3. The van der Waals surface area contributed by atoms with Crippen molar-refractivity contribution in [1.82, 2.24) is 20.1 Å². The molecule has 134 valence electrons. The van der Waals surface area contributed by atoms with Crippen LogP contribution in [0.1, 0.15) is 25.7 Å². The monoisotopic (exact) mass is 343 g/mol. The standard InChI is InChI=1S/C17H25N7O/c1-24(2)17(18)20-9-11-3-5-12(6-4-11)16(25)22-14-7-8-19-15-13(14)10-21-23-15/h7-8,10-12H,3-6,9H2,1-2H3,(H2,18,20)(H2,19,21,22,23,25). The van der Waals surface area contributed by atoms with E-state index in [1.54, 1.807) is 18.5 Å². The topological polar surface area (TPSA) is 112 Å². The second kappa shape index (κ2) is 7.50. The molecule has 2 aromatic heterocycles. The maximum Gasteiger partial charge on any atom is 0.227 e. The van der Waals surface area contributed by atoms with Crippen LogP contribution in [0.15, 0.2) is 23.5 Å². The highest BCUT2D eigenvalue weighted by Gasteiger charge is 2.26. The van der Waals surface area contributed by atoms with Crippen LogP contribution in [0.5, 0.6) is 0 Å². The molecule has 0 spiro atoms. The Hall–Kier alpha value is -2.64. The smallest absolute Gasteiger partial charge is 0.227 e. The van der Waals surface area contributed by atoms with Gasteiger partial charge in [0.25, 0.3) is 0 Å². The van der Waals surface area contributed by atoms with Crippen LogP contribution < -0.4 is 11.1 Å². The number of nitrogens with zero attached hydrogens (tertiary/aromatic N) is 4. The summed E-state index contributed by atoms with van der Waals surface area (Å²) in [5.41, 5.74) is 7.27. The average Bonchev–Trinajstić information content (AvgIpc) is 3.09. The second-order valence-electron chi connectivity index (χ2n) is 6.79. The molecule has 0 saturated heterocycles. The zero-order chi connectivity index (χ0) is 17.8. The van der Waals surface area contributed by atoms with E-state index < -0.39 is 0 Å². The van der Waals surface area contributed by atoms with Gasteiger partial charge >= 0.3 is 0 Å². The third-order valence-electron chi connectivity index (χ3n) is 4.80. The normalized spacial score (nSPS) is 21.3. The minimum Gasteiger partial charge on any atom is -0.370 e. The number of aliphatic imine (C=N–C) groups is 1. The summed E-state index contributed by atoms with van der Waals surface area (Å²) >= 11 is 0. The molecule has 2 aromatic rings. The molecule has 1 fully saturated rings. The first kappa shape index (κ1) is 17.2. The highest BCUT2D eigenvalue weighted by molar-refractivity contribution is 6.00. The van der Waals surface area contributed by atoms with E-state index in [0.717, 1.165) is 43.3 Å². The molecule has 0 unspecified atom stereocenters. The molecule has 0 bridgehead atoms. The molecule has 1 aliphatic rings. The zero-order valence-corrected chi connectivity index (χ0v) is 14.7. The number of pyridine rings is 1. The van der Waals surface area contributed by atoms with Crippen molar-refractivity contribution in [1.29, 1.82) is 0 Å². The first-order valence-corrected chi connectivity index (χ1v) is 8.60. The number of nitrogens with one attached hydrogen (secondary N) is 2. The minimum atomic E-state index is 0.0431. The number of H-pyrrole nitrogens is 1. The summed E-state index contributed by atoms with van der Waals surface area (Å²) in [7, 11) is 3.77. The number of carbonyl (C=O) groups is 1. The Morgan fingerprint density at radius 1 is 1.40 bits per heavy atom. The minimum absolute atomic E-state index is 0.0431. The number of rotatable bonds is 4. The Bertz CT molecular complexity index is 759. The van der Waals surface area contributed by atoms with Crippen LogP contribution in [0.2, 0.25) is 0 Å². The van der Waals surface area contributed by atoms with Gasteiger partial charge in [-0.2, -0.15) is 5.10 Å². The molecule has 0 radical (unpaired) electrons. The highest BCUT2D eigenvalue weighted by atomic mass is 16.1. The van der Waals surface area contributed by atoms with E-state index >= 15 is 0 Å². The number of fused-ring (bicyclic) bond motifs is 1. The summed E-state index contributed by atoms with van der Waals surface area (Å²) in [6.45, 7) is 0.734. The van der Waals surface area contributed by atoms with Gasteiger partial charge in [0.05, 0.1) is 17.3 Å². The van der Waals surface area contributed by atoms with Crippen LogP contribution in [0.4, 0.5) is 5.69 Å². The van der Waals surface area contributed by atoms with E-state index in [-0.39, 0.29) is 11.8 Å². The Balaban J connectivity index is 1.53. The van der Waals surface area contributed by atoms with Gasteiger partial charge in [-0.25, -0.2) is 4.98 Å². The lowest BCUT2D eigenvalue weighted by atomic mass is 9.81. The largest absolute Gasteiger partial charge is 0.370 e. The molecule has 0 atom stereocenters. The van der Waals surface area contributed by atoms with Crippen molar-refractivity contribution in [3.63, 3.8) is 0 Å². The van der Waals surface area contributed by atoms with E-state index in [2.05, 4.69) is 25.5 Å². The molecule has 4 N–H and O–H groups in total. The summed E-state index contributed by atoms with van der Waals surface area (Å²) in [5, 5.41) is 10.6. The van der Waals surface area contributed by atoms with Crippen molar-refractivity contribution in [2.24, 2.45) is 22.6 Å². The van der Waals surface area contributed by atoms with Crippen molar-refractivity contribution in [2.75, 3.05) is 26.0 Å². The molecule has 3 rings (SSSR count). The quantitative estimate of drug-likeness (QED) is 0.576. The highest BCUT2D eigenvalue weighted by Crippen LogP contribution is 2.30. The summed E-state index contributed by atoms with van der Waals surface area (Å²) in [4.78, 5) is 23.0. The molecular weight excluding hydrogens is 318 g/mol. The number of amides is 1. The van der Waals surface area contributed by atoms with Crippen molar-refractivity contribution >= 4 is 28.6 Å². The van der Waals surface area contributed by atoms with Crippen LogP contribution in [-0.4, -0.2) is 52.6 Å². The Labute approximate surface area is 146 Å². The van der Waals surface area contributed by atoms with Gasteiger partial charge in [-0.3, -0.25) is 14.9 Å². The Morgan fingerprint density at radius 2 is 2.16 bits per heavy atom. The molecule has 8 heteroatoms. The van der Waals surface area contributed by atoms with Gasteiger partial charge in [0.2, 0.25) is 5.91 Å². The van der Waals surface area contributed by atoms with Gasteiger partial charge < -0.3 is 16.0 Å². The van der Waals surface area contributed by atoms with Crippen molar-refractivity contribution in [3.05, 3.63) is 18.5 Å². The van der Waals surface area contributed by atoms with E-state index in [9.17, 15) is 4.79 Å². The molecule has 8 nitrogen and oxygen atoms in total. The number of guanidine groups is 1. The average molecular weight is 343 g/mol.